The fraction of sp³-hybridized carbons (Fsp3) is 0.429. The summed E-state index contributed by atoms with van der Waals surface area (Å²) >= 11 is 3.46. The second kappa shape index (κ2) is 5.84. The Kier molecular flexibility index (Phi) is 4.37. The van der Waals surface area contributed by atoms with E-state index in [1.165, 1.54) is 11.1 Å². The van der Waals surface area contributed by atoms with Crippen LogP contribution in [0.2, 0.25) is 0 Å². The highest BCUT2D eigenvalue weighted by Crippen LogP contribution is 2.27. The first-order chi connectivity index (χ1) is 9.04. The predicted octanol–water partition coefficient (Wildman–Crippen LogP) is 3.01. The second-order valence-corrected chi connectivity index (χ2v) is 5.68. The molecule has 1 atom stereocenters. The molecule has 2 rings (SSSR count). The lowest BCUT2D eigenvalue weighted by Crippen LogP contribution is -2.21. The Morgan fingerprint density at radius 3 is 2.16 bits per heavy atom. The van der Waals surface area contributed by atoms with Crippen molar-refractivity contribution >= 4 is 15.9 Å². The lowest BCUT2D eigenvalue weighted by atomic mass is 9.98. The van der Waals surface area contributed by atoms with E-state index in [2.05, 4.69) is 69.7 Å². The van der Waals surface area contributed by atoms with Gasteiger partial charge in [-0.25, -0.2) is 4.68 Å². The van der Waals surface area contributed by atoms with Gasteiger partial charge in [0.2, 0.25) is 0 Å². The van der Waals surface area contributed by atoms with Crippen LogP contribution in [0.15, 0.2) is 28.9 Å². The molecule has 102 valence electrons. The summed E-state index contributed by atoms with van der Waals surface area (Å²) < 4.78 is 2.57. The maximum absolute atomic E-state index is 4.05. The topological polar surface area (TPSA) is 42.7 Å². The number of aryl methyl sites for hydroxylation is 1. The Balaban J connectivity index is 2.37. The predicted molar refractivity (Wildman–Crippen MR) is 80.1 cm³/mol. The molecule has 0 amide bonds. The number of hydrogen-bond donors (Lipinski definition) is 1. The third-order valence-electron chi connectivity index (χ3n) is 3.33. The molecule has 1 N–H and O–H groups in total. The molecule has 4 nitrogen and oxygen atoms in total. The van der Waals surface area contributed by atoms with E-state index in [4.69, 9.17) is 0 Å². The molecule has 19 heavy (non-hydrogen) atoms. The summed E-state index contributed by atoms with van der Waals surface area (Å²) in [6.07, 6.45) is 0. The number of nitrogens with one attached hydrogen (secondary N) is 1. The molecule has 1 unspecified atom stereocenters. The minimum absolute atomic E-state index is 0.0792. The lowest BCUT2D eigenvalue weighted by Gasteiger charge is -2.18. The Bertz CT molecular complexity index is 526. The Morgan fingerprint density at radius 1 is 1.16 bits per heavy atom. The highest BCUT2D eigenvalue weighted by molar-refractivity contribution is 9.10. The third-order valence-corrected chi connectivity index (χ3v) is 3.89. The number of benzene rings is 1. The first-order valence-electron chi connectivity index (χ1n) is 6.36. The fourth-order valence-electron chi connectivity index (χ4n) is 2.18. The summed E-state index contributed by atoms with van der Waals surface area (Å²) in [6.45, 7) is 4.40. The van der Waals surface area contributed by atoms with Crippen molar-refractivity contribution in [3.8, 4) is 0 Å². The van der Waals surface area contributed by atoms with Crippen LogP contribution in [0, 0.1) is 0 Å². The van der Waals surface area contributed by atoms with Crippen molar-refractivity contribution in [2.45, 2.75) is 25.8 Å². The van der Waals surface area contributed by atoms with E-state index in [1.807, 2.05) is 14.1 Å². The summed E-state index contributed by atoms with van der Waals surface area (Å²) in [5, 5.41) is 11.4. The van der Waals surface area contributed by atoms with Gasteiger partial charge in [-0.15, -0.1) is 5.10 Å². The molecule has 2 aromatic rings. The van der Waals surface area contributed by atoms with Crippen molar-refractivity contribution in [2.75, 3.05) is 7.05 Å². The van der Waals surface area contributed by atoms with Crippen molar-refractivity contribution in [3.63, 3.8) is 0 Å². The van der Waals surface area contributed by atoms with Crippen LogP contribution in [0.3, 0.4) is 0 Å². The second-order valence-electron chi connectivity index (χ2n) is 4.93. The smallest absolute Gasteiger partial charge is 0.153 e. The van der Waals surface area contributed by atoms with Gasteiger partial charge in [0.05, 0.1) is 11.7 Å². The summed E-state index contributed by atoms with van der Waals surface area (Å²) in [4.78, 5) is 0. The van der Waals surface area contributed by atoms with Gasteiger partial charge in [-0.3, -0.25) is 0 Å². The van der Waals surface area contributed by atoms with Crippen LogP contribution in [0.5, 0.6) is 0 Å². The molecule has 0 radical (unpaired) electrons. The van der Waals surface area contributed by atoms with E-state index in [0.29, 0.717) is 5.92 Å². The summed E-state index contributed by atoms with van der Waals surface area (Å²) in [5.74, 6) is 0.548. The van der Waals surface area contributed by atoms with Crippen molar-refractivity contribution in [3.05, 3.63) is 45.7 Å². The third kappa shape index (κ3) is 2.87. The van der Waals surface area contributed by atoms with E-state index in [9.17, 15) is 0 Å². The Hall–Kier alpha value is -1.20. The number of aromatic nitrogens is 3. The average molecular weight is 323 g/mol. The van der Waals surface area contributed by atoms with Gasteiger partial charge >= 0.3 is 0 Å². The molecule has 0 saturated carbocycles. The van der Waals surface area contributed by atoms with E-state index in [-0.39, 0.29) is 6.04 Å². The van der Waals surface area contributed by atoms with Crippen LogP contribution in [0.25, 0.3) is 0 Å². The Labute approximate surface area is 122 Å². The average Bonchev–Trinajstić information content (AvgIpc) is 2.72. The number of hydrogen-bond acceptors (Lipinski definition) is 3. The van der Waals surface area contributed by atoms with E-state index in [0.717, 1.165) is 10.3 Å². The van der Waals surface area contributed by atoms with E-state index < -0.39 is 0 Å². The molecule has 1 aromatic carbocycles. The highest BCUT2D eigenvalue weighted by atomic mass is 79.9. The van der Waals surface area contributed by atoms with Crippen LogP contribution in [0.4, 0.5) is 0 Å². The molecule has 1 aromatic heterocycles. The van der Waals surface area contributed by atoms with Crippen molar-refractivity contribution in [1.82, 2.24) is 20.3 Å². The summed E-state index contributed by atoms with van der Waals surface area (Å²) in [7, 11) is 3.85. The summed E-state index contributed by atoms with van der Waals surface area (Å²) in [5.41, 5.74) is 3.58. The number of rotatable bonds is 4. The molecule has 0 aliphatic heterocycles. The maximum Gasteiger partial charge on any atom is 0.153 e. The SMILES string of the molecule is CNC(c1ccc(C(C)C)cc1)c1c(Br)nnn1C. The van der Waals surface area contributed by atoms with Gasteiger partial charge in [-0.05, 0) is 40.0 Å². The molecule has 0 fully saturated rings. The zero-order valence-electron chi connectivity index (χ0n) is 11.7. The minimum Gasteiger partial charge on any atom is -0.308 e. The van der Waals surface area contributed by atoms with Gasteiger partial charge in [0.1, 0.15) is 0 Å². The van der Waals surface area contributed by atoms with Gasteiger partial charge < -0.3 is 5.32 Å². The van der Waals surface area contributed by atoms with Crippen molar-refractivity contribution in [1.29, 1.82) is 0 Å². The molecule has 0 bridgehead atoms. The van der Waals surface area contributed by atoms with Gasteiger partial charge in [0.15, 0.2) is 4.60 Å². The quantitative estimate of drug-likeness (QED) is 0.940. The van der Waals surface area contributed by atoms with Crippen LogP contribution in [-0.4, -0.2) is 22.0 Å². The van der Waals surface area contributed by atoms with Crippen molar-refractivity contribution in [2.24, 2.45) is 7.05 Å². The van der Waals surface area contributed by atoms with Crippen molar-refractivity contribution < 1.29 is 0 Å². The number of halogens is 1. The molecule has 0 spiro atoms. The Morgan fingerprint density at radius 2 is 1.74 bits per heavy atom. The zero-order valence-corrected chi connectivity index (χ0v) is 13.3. The van der Waals surface area contributed by atoms with Crippen LogP contribution in [-0.2, 0) is 7.05 Å². The first kappa shape index (κ1) is 14.2. The van der Waals surface area contributed by atoms with Crippen LogP contribution < -0.4 is 5.32 Å². The van der Waals surface area contributed by atoms with Crippen LogP contribution >= 0.6 is 15.9 Å². The summed E-state index contributed by atoms with van der Waals surface area (Å²) in [6, 6.07) is 8.77. The standard InChI is InChI=1S/C14H19BrN4/c1-9(2)10-5-7-11(8-6-10)12(16-3)13-14(15)17-18-19(13)4/h5-9,12,16H,1-4H3. The molecule has 0 aliphatic carbocycles. The zero-order chi connectivity index (χ0) is 14.0. The normalized spacial score (nSPS) is 12.9. The monoisotopic (exact) mass is 322 g/mol. The van der Waals surface area contributed by atoms with E-state index in [1.54, 1.807) is 4.68 Å². The fourth-order valence-corrected chi connectivity index (χ4v) is 2.74. The molecule has 0 aliphatic rings. The van der Waals surface area contributed by atoms with Crippen LogP contribution in [0.1, 0.15) is 42.6 Å². The van der Waals surface area contributed by atoms with Gasteiger partial charge in [0.25, 0.3) is 0 Å². The lowest BCUT2D eigenvalue weighted by molar-refractivity contribution is 0.596. The van der Waals surface area contributed by atoms with Gasteiger partial charge in [-0.1, -0.05) is 43.3 Å². The maximum atomic E-state index is 4.05. The highest BCUT2D eigenvalue weighted by Gasteiger charge is 2.20. The largest absolute Gasteiger partial charge is 0.308 e. The molecular formula is C14H19BrN4. The molecular weight excluding hydrogens is 304 g/mol. The molecule has 5 heteroatoms. The first-order valence-corrected chi connectivity index (χ1v) is 7.16. The van der Waals surface area contributed by atoms with Gasteiger partial charge in [-0.2, -0.15) is 0 Å². The van der Waals surface area contributed by atoms with E-state index >= 15 is 0 Å². The molecule has 1 heterocycles. The number of nitrogens with zero attached hydrogens (tertiary/aromatic N) is 3. The minimum atomic E-state index is 0.0792. The molecule has 0 saturated heterocycles. The van der Waals surface area contributed by atoms with Gasteiger partial charge in [0, 0.05) is 7.05 Å².